The Morgan fingerprint density at radius 3 is 2.83 bits per heavy atom. The highest BCUT2D eigenvalue weighted by Gasteiger charge is 2.13. The molecule has 0 saturated carbocycles. The number of fused-ring (bicyclic) bond motifs is 1. The summed E-state index contributed by atoms with van der Waals surface area (Å²) in [6, 6.07) is 10.8. The van der Waals surface area contributed by atoms with Crippen LogP contribution in [0.25, 0.3) is 15.9 Å². The van der Waals surface area contributed by atoms with Gasteiger partial charge in [-0.15, -0.1) is 0 Å². The molecule has 0 spiro atoms. The average Bonchev–Trinajstić information content (AvgIpc) is 3.02. The highest BCUT2D eigenvalue weighted by atomic mass is 16.5. The number of hydrogen-bond donors (Lipinski definition) is 1. The van der Waals surface area contributed by atoms with Crippen LogP contribution < -0.4 is 4.90 Å². The summed E-state index contributed by atoms with van der Waals surface area (Å²) >= 11 is 0. The number of carbonyl (C=O) groups is 1. The van der Waals surface area contributed by atoms with Crippen molar-refractivity contribution in [3.63, 3.8) is 0 Å². The maximum atomic E-state index is 11.7. The molecule has 0 saturated heterocycles. The second kappa shape index (κ2) is 6.05. The molecule has 0 aliphatic heterocycles. The molecule has 0 aliphatic rings. The SMILES string of the molecule is [C-]#[N+]c1cc2nc(N(C)c3cccc(C(=O)OC)c3)[nH]c2cc1C. The fourth-order valence-corrected chi connectivity index (χ4v) is 2.50. The highest BCUT2D eigenvalue weighted by Crippen LogP contribution is 2.28. The number of aromatic amines is 1. The van der Waals surface area contributed by atoms with Crippen molar-refractivity contribution < 1.29 is 9.53 Å². The number of ether oxygens (including phenoxy) is 1. The van der Waals surface area contributed by atoms with Gasteiger partial charge in [0, 0.05) is 12.7 Å². The average molecular weight is 320 g/mol. The molecule has 3 rings (SSSR count). The molecule has 0 bridgehead atoms. The van der Waals surface area contributed by atoms with E-state index in [0.29, 0.717) is 17.2 Å². The maximum absolute atomic E-state index is 11.7. The molecule has 0 amide bonds. The minimum absolute atomic E-state index is 0.382. The molecule has 3 aromatic rings. The predicted molar refractivity (Wildman–Crippen MR) is 92.9 cm³/mol. The van der Waals surface area contributed by atoms with E-state index in [-0.39, 0.29) is 5.97 Å². The van der Waals surface area contributed by atoms with Gasteiger partial charge in [-0.25, -0.2) is 14.6 Å². The zero-order valence-electron chi connectivity index (χ0n) is 13.6. The first kappa shape index (κ1) is 15.6. The second-order valence-corrected chi connectivity index (χ2v) is 5.43. The van der Waals surface area contributed by atoms with Crippen LogP contribution >= 0.6 is 0 Å². The van der Waals surface area contributed by atoms with Crippen LogP contribution in [0.2, 0.25) is 0 Å². The van der Waals surface area contributed by atoms with E-state index in [1.54, 1.807) is 24.3 Å². The van der Waals surface area contributed by atoms with Gasteiger partial charge in [0.15, 0.2) is 5.69 Å². The Morgan fingerprint density at radius 2 is 2.12 bits per heavy atom. The number of anilines is 2. The van der Waals surface area contributed by atoms with Gasteiger partial charge < -0.3 is 14.6 Å². The molecule has 0 aliphatic carbocycles. The number of carbonyl (C=O) groups excluding carboxylic acids is 1. The van der Waals surface area contributed by atoms with E-state index in [1.807, 2.05) is 31.0 Å². The van der Waals surface area contributed by atoms with Gasteiger partial charge in [0.1, 0.15) is 0 Å². The first-order valence-corrected chi connectivity index (χ1v) is 7.33. The standard InChI is InChI=1S/C18H16N4O2/c1-11-8-15-16(10-14(11)19-2)21-18(20-15)22(3)13-7-5-6-12(9-13)17(23)24-4/h5-10H,1,3-4H3,(H,20,21). The molecule has 2 aromatic carbocycles. The summed E-state index contributed by atoms with van der Waals surface area (Å²) < 4.78 is 4.75. The van der Waals surface area contributed by atoms with Gasteiger partial charge in [-0.1, -0.05) is 6.07 Å². The van der Waals surface area contributed by atoms with E-state index in [4.69, 9.17) is 11.3 Å². The highest BCUT2D eigenvalue weighted by molar-refractivity contribution is 5.91. The predicted octanol–water partition coefficient (Wildman–Crippen LogP) is 3.98. The van der Waals surface area contributed by atoms with E-state index < -0.39 is 0 Å². The first-order chi connectivity index (χ1) is 11.5. The van der Waals surface area contributed by atoms with E-state index in [1.165, 1.54) is 7.11 Å². The van der Waals surface area contributed by atoms with Gasteiger partial charge in [-0.3, -0.25) is 0 Å². The molecule has 0 unspecified atom stereocenters. The number of rotatable bonds is 3. The fraction of sp³-hybridized carbons (Fsp3) is 0.167. The van der Waals surface area contributed by atoms with Crippen LogP contribution in [0.15, 0.2) is 36.4 Å². The van der Waals surface area contributed by atoms with E-state index >= 15 is 0 Å². The van der Waals surface area contributed by atoms with Gasteiger partial charge in [0.2, 0.25) is 5.95 Å². The molecular weight excluding hydrogens is 304 g/mol. The maximum Gasteiger partial charge on any atom is 0.337 e. The van der Waals surface area contributed by atoms with Gasteiger partial charge in [-0.05, 0) is 42.8 Å². The van der Waals surface area contributed by atoms with Crippen molar-refractivity contribution in [2.45, 2.75) is 6.92 Å². The molecule has 0 radical (unpaired) electrons. The fourth-order valence-electron chi connectivity index (χ4n) is 2.50. The molecule has 120 valence electrons. The van der Waals surface area contributed by atoms with Gasteiger partial charge >= 0.3 is 5.97 Å². The Kier molecular flexibility index (Phi) is 3.92. The van der Waals surface area contributed by atoms with Crippen molar-refractivity contribution in [2.24, 2.45) is 0 Å². The van der Waals surface area contributed by atoms with Gasteiger partial charge in [0.25, 0.3) is 0 Å². The summed E-state index contributed by atoms with van der Waals surface area (Å²) in [5.74, 6) is 0.251. The third-order valence-corrected chi connectivity index (χ3v) is 3.88. The number of aromatic nitrogens is 2. The van der Waals surface area contributed by atoms with E-state index in [2.05, 4.69) is 14.8 Å². The summed E-state index contributed by atoms with van der Waals surface area (Å²) in [6.45, 7) is 9.10. The summed E-state index contributed by atoms with van der Waals surface area (Å²) in [6.07, 6.45) is 0. The molecule has 1 heterocycles. The zero-order valence-corrected chi connectivity index (χ0v) is 13.6. The molecule has 6 heteroatoms. The zero-order chi connectivity index (χ0) is 17.3. The Balaban J connectivity index is 2.01. The quantitative estimate of drug-likeness (QED) is 0.586. The van der Waals surface area contributed by atoms with Crippen molar-refractivity contribution in [3.8, 4) is 0 Å². The Morgan fingerprint density at radius 1 is 1.33 bits per heavy atom. The van der Waals surface area contributed by atoms with Crippen molar-refractivity contribution in [2.75, 3.05) is 19.1 Å². The number of nitrogens with one attached hydrogen (secondary N) is 1. The van der Waals surface area contributed by atoms with E-state index in [9.17, 15) is 4.79 Å². The lowest BCUT2D eigenvalue weighted by atomic mass is 10.2. The van der Waals surface area contributed by atoms with Crippen LogP contribution in [0.4, 0.5) is 17.3 Å². The van der Waals surface area contributed by atoms with Crippen LogP contribution in [0, 0.1) is 13.5 Å². The number of benzene rings is 2. The molecule has 24 heavy (non-hydrogen) atoms. The van der Waals surface area contributed by atoms with Crippen molar-refractivity contribution in [1.82, 2.24) is 9.97 Å². The Bertz CT molecular complexity index is 969. The van der Waals surface area contributed by atoms with Crippen LogP contribution in [0.3, 0.4) is 0 Å². The monoisotopic (exact) mass is 320 g/mol. The smallest absolute Gasteiger partial charge is 0.337 e. The third kappa shape index (κ3) is 2.68. The number of nitrogens with zero attached hydrogens (tertiary/aromatic N) is 3. The van der Waals surface area contributed by atoms with Crippen molar-refractivity contribution in [3.05, 3.63) is 58.9 Å². The number of methoxy groups -OCH3 is 1. The normalized spacial score (nSPS) is 10.4. The number of aryl methyl sites for hydroxylation is 1. The van der Waals surface area contributed by atoms with Crippen molar-refractivity contribution >= 4 is 34.3 Å². The third-order valence-electron chi connectivity index (χ3n) is 3.88. The Hall–Kier alpha value is -3.33. The lowest BCUT2D eigenvalue weighted by Crippen LogP contribution is -2.12. The summed E-state index contributed by atoms with van der Waals surface area (Å²) in [4.78, 5) is 24.8. The van der Waals surface area contributed by atoms with Crippen LogP contribution in [-0.4, -0.2) is 30.1 Å². The number of H-pyrrole nitrogens is 1. The summed E-state index contributed by atoms with van der Waals surface area (Å²) in [7, 11) is 3.21. The number of esters is 1. The minimum atomic E-state index is -0.382. The van der Waals surface area contributed by atoms with Crippen LogP contribution in [0.1, 0.15) is 15.9 Å². The van der Waals surface area contributed by atoms with Crippen LogP contribution in [-0.2, 0) is 4.74 Å². The summed E-state index contributed by atoms with van der Waals surface area (Å²) in [5, 5.41) is 0. The van der Waals surface area contributed by atoms with Crippen molar-refractivity contribution in [1.29, 1.82) is 0 Å². The molecular formula is C18H16N4O2. The molecule has 1 N–H and O–H groups in total. The largest absolute Gasteiger partial charge is 0.465 e. The number of imidazole rings is 1. The van der Waals surface area contributed by atoms with Gasteiger partial charge in [-0.2, -0.15) is 0 Å². The Labute approximate surface area is 139 Å². The minimum Gasteiger partial charge on any atom is -0.465 e. The summed E-state index contributed by atoms with van der Waals surface area (Å²) in [5.41, 5.74) is 4.38. The molecule has 0 fully saturated rings. The van der Waals surface area contributed by atoms with E-state index in [0.717, 1.165) is 22.3 Å². The topological polar surface area (TPSA) is 62.6 Å². The number of hydrogen-bond acceptors (Lipinski definition) is 4. The first-order valence-electron chi connectivity index (χ1n) is 7.33. The second-order valence-electron chi connectivity index (χ2n) is 5.43. The lowest BCUT2D eigenvalue weighted by Gasteiger charge is -2.16. The molecule has 1 aromatic heterocycles. The van der Waals surface area contributed by atoms with Crippen LogP contribution in [0.5, 0.6) is 0 Å². The molecule has 0 atom stereocenters. The lowest BCUT2D eigenvalue weighted by molar-refractivity contribution is 0.0601. The van der Waals surface area contributed by atoms with Gasteiger partial charge in [0.05, 0.1) is 30.3 Å². The molecule has 6 nitrogen and oxygen atoms in total.